The molecule has 0 unspecified atom stereocenters. The highest BCUT2D eigenvalue weighted by Gasteiger charge is 2.45. The van der Waals surface area contributed by atoms with Gasteiger partial charge >= 0.3 is 6.09 Å². The molecule has 0 saturated heterocycles. The molecule has 3 heterocycles. The van der Waals surface area contributed by atoms with E-state index in [-0.39, 0.29) is 36.3 Å². The Morgan fingerprint density at radius 2 is 1.51 bits per heavy atom. The molecule has 0 aliphatic carbocycles. The van der Waals surface area contributed by atoms with Gasteiger partial charge < -0.3 is 19.6 Å². The van der Waals surface area contributed by atoms with Gasteiger partial charge in [-0.05, 0) is 18.6 Å². The standard InChI is InChI=1S/C27H23N5O7/c1-29-13-18(16-6-3-4-7-20(16)29)23-24(19-14-30(2)21-12-15(32(37)38)9-10-17(19)21)26(35)31(25(23)34)27(36)39-11-5-8-22(28)33/h3-4,6-7,9-10,12-14H,5,8,11H2,1-2H3,(H2,28,33). The van der Waals surface area contributed by atoms with Gasteiger partial charge in [-0.3, -0.25) is 24.5 Å². The van der Waals surface area contributed by atoms with Crippen molar-refractivity contribution in [1.82, 2.24) is 14.0 Å². The Balaban J connectivity index is 1.68. The minimum Gasteiger partial charge on any atom is -0.449 e. The first-order chi connectivity index (χ1) is 18.6. The van der Waals surface area contributed by atoms with Gasteiger partial charge in [-0.15, -0.1) is 0 Å². The second kappa shape index (κ2) is 9.56. The lowest BCUT2D eigenvalue weighted by Gasteiger charge is -2.13. The molecule has 4 aromatic rings. The van der Waals surface area contributed by atoms with E-state index in [4.69, 9.17) is 10.5 Å². The van der Waals surface area contributed by atoms with Gasteiger partial charge in [-0.25, -0.2) is 4.79 Å². The van der Waals surface area contributed by atoms with E-state index < -0.39 is 28.7 Å². The number of carbonyl (C=O) groups excluding carboxylic acids is 4. The third kappa shape index (κ3) is 4.21. The number of nitro benzene ring substituents is 1. The van der Waals surface area contributed by atoms with Crippen LogP contribution in [0, 0.1) is 10.1 Å². The number of hydrogen-bond donors (Lipinski definition) is 1. The van der Waals surface area contributed by atoms with Gasteiger partial charge in [0.15, 0.2) is 0 Å². The number of benzene rings is 2. The smallest absolute Gasteiger partial charge is 0.424 e. The maximum Gasteiger partial charge on any atom is 0.424 e. The van der Waals surface area contributed by atoms with Crippen molar-refractivity contribution in [3.05, 3.63) is 76.1 Å². The van der Waals surface area contributed by atoms with E-state index in [0.717, 1.165) is 5.52 Å². The average molecular weight is 530 g/mol. The van der Waals surface area contributed by atoms with Gasteiger partial charge in [-0.2, -0.15) is 4.90 Å². The monoisotopic (exact) mass is 529 g/mol. The van der Waals surface area contributed by atoms with Crippen molar-refractivity contribution in [2.75, 3.05) is 6.61 Å². The first kappa shape index (κ1) is 25.4. The Bertz CT molecular complexity index is 1760. The number of primary amides is 1. The molecule has 1 aliphatic heterocycles. The molecule has 0 saturated carbocycles. The molecular formula is C27H23N5O7. The number of nitrogens with zero attached hydrogens (tertiary/aromatic N) is 4. The van der Waals surface area contributed by atoms with E-state index in [2.05, 4.69) is 0 Å². The highest BCUT2D eigenvalue weighted by Crippen LogP contribution is 2.42. The van der Waals surface area contributed by atoms with Crippen LogP contribution in [0.1, 0.15) is 24.0 Å². The minimum absolute atomic E-state index is 0.0109. The predicted octanol–water partition coefficient (Wildman–Crippen LogP) is 3.26. The van der Waals surface area contributed by atoms with Crippen LogP contribution < -0.4 is 5.73 Å². The van der Waals surface area contributed by atoms with Crippen molar-refractivity contribution in [2.45, 2.75) is 12.8 Å². The summed E-state index contributed by atoms with van der Waals surface area (Å²) < 4.78 is 8.57. The molecule has 1 aliphatic rings. The van der Waals surface area contributed by atoms with E-state index in [1.165, 1.54) is 18.2 Å². The molecule has 2 aromatic heterocycles. The lowest BCUT2D eigenvalue weighted by atomic mass is 9.95. The molecule has 12 nitrogen and oxygen atoms in total. The number of imide groups is 3. The van der Waals surface area contributed by atoms with Crippen LogP contribution in [0.3, 0.4) is 0 Å². The van der Waals surface area contributed by atoms with E-state index in [1.807, 2.05) is 22.8 Å². The van der Waals surface area contributed by atoms with Crippen LogP contribution in [-0.2, 0) is 33.2 Å². The maximum absolute atomic E-state index is 13.8. The number of nitrogens with two attached hydrogens (primary N) is 1. The van der Waals surface area contributed by atoms with Gasteiger partial charge in [-0.1, -0.05) is 18.2 Å². The third-order valence-electron chi connectivity index (χ3n) is 6.68. The van der Waals surface area contributed by atoms with E-state index >= 15 is 0 Å². The van der Waals surface area contributed by atoms with E-state index in [0.29, 0.717) is 32.3 Å². The SMILES string of the molecule is Cn1cc(C2=C(c3cn(C)c4cc([N+](=O)[O-])ccc34)C(=O)N(C(=O)OCCCC(N)=O)C2=O)c2ccccc21. The van der Waals surface area contributed by atoms with Gasteiger partial charge in [0, 0.05) is 72.5 Å². The minimum atomic E-state index is -1.17. The summed E-state index contributed by atoms with van der Waals surface area (Å²) in [5.41, 5.74) is 7.04. The number of nitro groups is 1. The fraction of sp³-hybridized carbons (Fsp3) is 0.185. The number of aryl methyl sites for hydroxylation is 2. The van der Waals surface area contributed by atoms with E-state index in [9.17, 15) is 29.3 Å². The Morgan fingerprint density at radius 1 is 0.923 bits per heavy atom. The Hall–Kier alpha value is -5.26. The fourth-order valence-corrected chi connectivity index (χ4v) is 4.89. The highest BCUT2D eigenvalue weighted by molar-refractivity contribution is 6.53. The van der Waals surface area contributed by atoms with Crippen LogP contribution in [0.4, 0.5) is 10.5 Å². The zero-order valence-electron chi connectivity index (χ0n) is 21.0. The van der Waals surface area contributed by atoms with Gasteiger partial charge in [0.2, 0.25) is 5.91 Å². The molecule has 0 fully saturated rings. The molecule has 2 N–H and O–H groups in total. The summed E-state index contributed by atoms with van der Waals surface area (Å²) in [6, 6.07) is 11.5. The molecule has 0 atom stereocenters. The second-order valence-corrected chi connectivity index (χ2v) is 9.16. The molecule has 198 valence electrons. The molecule has 39 heavy (non-hydrogen) atoms. The van der Waals surface area contributed by atoms with Gasteiger partial charge in [0.05, 0.1) is 28.2 Å². The molecule has 4 amide bonds. The number of aromatic nitrogens is 2. The molecule has 5 rings (SSSR count). The Labute approximate surface area is 221 Å². The van der Waals surface area contributed by atoms with Crippen molar-refractivity contribution < 1.29 is 28.8 Å². The molecule has 0 bridgehead atoms. The number of ether oxygens (including phenoxy) is 1. The maximum atomic E-state index is 13.8. The number of hydrogen-bond acceptors (Lipinski definition) is 7. The average Bonchev–Trinajstić information content (AvgIpc) is 3.49. The number of para-hydroxylation sites is 1. The van der Waals surface area contributed by atoms with Gasteiger partial charge in [0.25, 0.3) is 17.5 Å². The summed E-state index contributed by atoms with van der Waals surface area (Å²) in [5, 5.41) is 12.5. The molecule has 12 heteroatoms. The zero-order chi connectivity index (χ0) is 28.0. The number of amides is 4. The van der Waals surface area contributed by atoms with Crippen LogP contribution in [0.15, 0.2) is 54.9 Å². The van der Waals surface area contributed by atoms with Crippen molar-refractivity contribution >= 4 is 62.5 Å². The number of rotatable bonds is 7. The van der Waals surface area contributed by atoms with Crippen molar-refractivity contribution in [2.24, 2.45) is 19.8 Å². The molecule has 2 aromatic carbocycles. The lowest BCUT2D eigenvalue weighted by molar-refractivity contribution is -0.384. The largest absolute Gasteiger partial charge is 0.449 e. The first-order valence-electron chi connectivity index (χ1n) is 12.0. The predicted molar refractivity (Wildman–Crippen MR) is 141 cm³/mol. The number of fused-ring (bicyclic) bond motifs is 2. The van der Waals surface area contributed by atoms with Crippen LogP contribution in [0.2, 0.25) is 0 Å². The summed E-state index contributed by atoms with van der Waals surface area (Å²) >= 11 is 0. The zero-order valence-corrected chi connectivity index (χ0v) is 21.0. The van der Waals surface area contributed by atoms with E-state index in [1.54, 1.807) is 37.1 Å². The summed E-state index contributed by atoms with van der Waals surface area (Å²) in [7, 11) is 3.47. The normalized spacial score (nSPS) is 13.6. The summed E-state index contributed by atoms with van der Waals surface area (Å²) in [6.45, 7) is -0.213. The molecular weight excluding hydrogens is 506 g/mol. The Morgan fingerprint density at radius 3 is 2.13 bits per heavy atom. The van der Waals surface area contributed by atoms with Crippen LogP contribution >= 0.6 is 0 Å². The van der Waals surface area contributed by atoms with Crippen molar-refractivity contribution in [1.29, 1.82) is 0 Å². The Kier molecular flexibility index (Phi) is 6.22. The van der Waals surface area contributed by atoms with Crippen molar-refractivity contribution in [3.63, 3.8) is 0 Å². The quantitative estimate of drug-likeness (QED) is 0.166. The fourth-order valence-electron chi connectivity index (χ4n) is 4.89. The summed E-state index contributed by atoms with van der Waals surface area (Å²) in [4.78, 5) is 62.8. The number of non-ortho nitro benzene ring substituents is 1. The lowest BCUT2D eigenvalue weighted by Crippen LogP contribution is -2.38. The van der Waals surface area contributed by atoms with Crippen LogP contribution in [0.25, 0.3) is 33.0 Å². The second-order valence-electron chi connectivity index (χ2n) is 9.16. The molecule has 0 spiro atoms. The molecule has 0 radical (unpaired) electrons. The van der Waals surface area contributed by atoms with Crippen molar-refractivity contribution in [3.8, 4) is 0 Å². The number of carbonyl (C=O) groups is 4. The summed E-state index contributed by atoms with van der Waals surface area (Å²) in [6.07, 6.45) is 2.25. The third-order valence-corrected chi connectivity index (χ3v) is 6.68. The van der Waals surface area contributed by atoms with Crippen LogP contribution in [-0.4, -0.2) is 49.4 Å². The van der Waals surface area contributed by atoms with Crippen LogP contribution in [0.5, 0.6) is 0 Å². The topological polar surface area (TPSA) is 160 Å². The first-order valence-corrected chi connectivity index (χ1v) is 12.0. The highest BCUT2D eigenvalue weighted by atomic mass is 16.6. The summed E-state index contributed by atoms with van der Waals surface area (Å²) in [5.74, 6) is -2.31. The van der Waals surface area contributed by atoms with Gasteiger partial charge in [0.1, 0.15) is 0 Å².